The van der Waals surface area contributed by atoms with Gasteiger partial charge < -0.3 is 4.74 Å². The van der Waals surface area contributed by atoms with E-state index < -0.39 is 11.9 Å². The standard InChI is InChI=1S/C24H16F3N3OS/c1-31-19-10-8-16(9-11-19)21-14-32-23(28-21)30-22(24(25,26)27)13-20(29-30)18-7-6-15-4-2-3-5-17(15)12-18/h2-14H,1H3. The van der Waals surface area contributed by atoms with E-state index in [4.69, 9.17) is 4.74 Å². The number of hydrogen-bond acceptors (Lipinski definition) is 4. The second-order valence-electron chi connectivity index (χ2n) is 7.13. The van der Waals surface area contributed by atoms with Gasteiger partial charge in [0.15, 0.2) is 5.69 Å². The first-order valence-corrected chi connectivity index (χ1v) is 10.6. The Morgan fingerprint density at radius 1 is 0.844 bits per heavy atom. The van der Waals surface area contributed by atoms with Gasteiger partial charge in [0.1, 0.15) is 5.75 Å². The highest BCUT2D eigenvalue weighted by Crippen LogP contribution is 2.36. The Bertz CT molecular complexity index is 1400. The van der Waals surface area contributed by atoms with Crippen molar-refractivity contribution in [1.82, 2.24) is 14.8 Å². The molecule has 2 heterocycles. The van der Waals surface area contributed by atoms with Crippen molar-refractivity contribution in [3.63, 3.8) is 0 Å². The van der Waals surface area contributed by atoms with E-state index in [2.05, 4.69) is 10.1 Å². The van der Waals surface area contributed by atoms with Gasteiger partial charge in [0.2, 0.25) is 5.13 Å². The van der Waals surface area contributed by atoms with Crippen LogP contribution in [0.25, 0.3) is 38.4 Å². The van der Waals surface area contributed by atoms with Crippen molar-refractivity contribution >= 4 is 22.1 Å². The fourth-order valence-electron chi connectivity index (χ4n) is 3.47. The minimum Gasteiger partial charge on any atom is -0.497 e. The first-order chi connectivity index (χ1) is 15.4. The molecule has 5 rings (SSSR count). The Kier molecular flexibility index (Phi) is 4.94. The van der Waals surface area contributed by atoms with Crippen LogP contribution in [0.1, 0.15) is 5.69 Å². The second-order valence-corrected chi connectivity index (χ2v) is 7.97. The van der Waals surface area contributed by atoms with E-state index in [-0.39, 0.29) is 10.8 Å². The highest BCUT2D eigenvalue weighted by atomic mass is 32.1. The summed E-state index contributed by atoms with van der Waals surface area (Å²) in [5.41, 5.74) is 1.34. The van der Waals surface area contributed by atoms with E-state index in [1.165, 1.54) is 0 Å². The normalized spacial score (nSPS) is 11.8. The Morgan fingerprint density at radius 2 is 1.56 bits per heavy atom. The smallest absolute Gasteiger partial charge is 0.433 e. The van der Waals surface area contributed by atoms with E-state index in [1.807, 2.05) is 48.5 Å². The summed E-state index contributed by atoms with van der Waals surface area (Å²) in [6, 6.07) is 21.4. The minimum atomic E-state index is -4.58. The molecule has 0 aliphatic rings. The van der Waals surface area contributed by atoms with Gasteiger partial charge in [0.05, 0.1) is 18.5 Å². The highest BCUT2D eigenvalue weighted by molar-refractivity contribution is 7.12. The molecule has 5 aromatic rings. The van der Waals surface area contributed by atoms with Crippen LogP contribution in [0.2, 0.25) is 0 Å². The van der Waals surface area contributed by atoms with Gasteiger partial charge in [-0.2, -0.15) is 18.3 Å². The molecule has 4 nitrogen and oxygen atoms in total. The number of fused-ring (bicyclic) bond motifs is 1. The molecule has 32 heavy (non-hydrogen) atoms. The fraction of sp³-hybridized carbons (Fsp3) is 0.0833. The van der Waals surface area contributed by atoms with Gasteiger partial charge in [-0.25, -0.2) is 9.67 Å². The molecule has 8 heteroatoms. The molecule has 3 aromatic carbocycles. The number of hydrogen-bond donors (Lipinski definition) is 0. The number of ether oxygens (including phenoxy) is 1. The summed E-state index contributed by atoms with van der Waals surface area (Å²) in [6.07, 6.45) is -4.58. The molecule has 0 saturated carbocycles. The third-order valence-corrected chi connectivity index (χ3v) is 5.92. The maximum Gasteiger partial charge on any atom is 0.433 e. The second kappa shape index (κ2) is 7.80. The summed E-state index contributed by atoms with van der Waals surface area (Å²) in [4.78, 5) is 4.42. The summed E-state index contributed by atoms with van der Waals surface area (Å²) in [7, 11) is 1.57. The van der Waals surface area contributed by atoms with Crippen LogP contribution in [0.15, 0.2) is 78.2 Å². The summed E-state index contributed by atoms with van der Waals surface area (Å²) >= 11 is 1.11. The molecule has 0 radical (unpaired) electrons. The van der Waals surface area contributed by atoms with Crippen molar-refractivity contribution < 1.29 is 17.9 Å². The van der Waals surface area contributed by atoms with Crippen LogP contribution in [0.4, 0.5) is 13.2 Å². The third kappa shape index (κ3) is 3.73. The molecule has 160 valence electrons. The van der Waals surface area contributed by atoms with Gasteiger partial charge in [0, 0.05) is 16.5 Å². The lowest BCUT2D eigenvalue weighted by Crippen LogP contribution is -2.13. The molecule has 0 aliphatic heterocycles. The average Bonchev–Trinajstić information content (AvgIpc) is 3.46. The van der Waals surface area contributed by atoms with Crippen molar-refractivity contribution in [3.8, 4) is 33.4 Å². The molecule has 0 atom stereocenters. The Labute approximate surface area is 185 Å². The number of aromatic nitrogens is 3. The molecule has 0 spiro atoms. The molecule has 0 N–H and O–H groups in total. The number of halogens is 3. The molecule has 0 amide bonds. The highest BCUT2D eigenvalue weighted by Gasteiger charge is 2.37. The van der Waals surface area contributed by atoms with E-state index >= 15 is 0 Å². The van der Waals surface area contributed by atoms with Crippen LogP contribution in [-0.4, -0.2) is 21.9 Å². The molecule has 0 saturated heterocycles. The fourth-order valence-corrected chi connectivity index (χ4v) is 4.27. The molecular formula is C24H16F3N3OS. The third-order valence-electron chi connectivity index (χ3n) is 5.10. The van der Waals surface area contributed by atoms with Crippen LogP contribution >= 0.6 is 11.3 Å². The van der Waals surface area contributed by atoms with Gasteiger partial charge in [-0.3, -0.25) is 0 Å². The predicted octanol–water partition coefficient (Wildman–Crippen LogP) is 6.84. The molecule has 0 aliphatic carbocycles. The average molecular weight is 451 g/mol. The van der Waals surface area contributed by atoms with Crippen LogP contribution in [0.5, 0.6) is 5.75 Å². The topological polar surface area (TPSA) is 39.9 Å². The number of methoxy groups -OCH3 is 1. The van der Waals surface area contributed by atoms with Gasteiger partial charge in [-0.1, -0.05) is 36.4 Å². The summed E-state index contributed by atoms with van der Waals surface area (Å²) in [5.74, 6) is 0.690. The number of rotatable bonds is 4. The number of benzene rings is 3. The van der Waals surface area contributed by atoms with Crippen molar-refractivity contribution in [1.29, 1.82) is 0 Å². The summed E-state index contributed by atoms with van der Waals surface area (Å²) in [5, 5.41) is 8.09. The monoisotopic (exact) mass is 451 g/mol. The zero-order valence-electron chi connectivity index (χ0n) is 16.8. The van der Waals surface area contributed by atoms with Gasteiger partial charge in [-0.05, 0) is 47.2 Å². The minimum absolute atomic E-state index is 0.148. The molecule has 0 fully saturated rings. The Hall–Kier alpha value is -3.65. The predicted molar refractivity (Wildman–Crippen MR) is 119 cm³/mol. The quantitative estimate of drug-likeness (QED) is 0.300. The van der Waals surface area contributed by atoms with Crippen molar-refractivity contribution in [2.75, 3.05) is 7.11 Å². The lowest BCUT2D eigenvalue weighted by molar-refractivity contribution is -0.142. The summed E-state index contributed by atoms with van der Waals surface area (Å²) in [6.45, 7) is 0. The maximum absolute atomic E-state index is 13.8. The number of alkyl halides is 3. The largest absolute Gasteiger partial charge is 0.497 e. The lowest BCUT2D eigenvalue weighted by Gasteiger charge is -2.07. The number of thiazole rings is 1. The maximum atomic E-state index is 13.8. The lowest BCUT2D eigenvalue weighted by atomic mass is 10.1. The van der Waals surface area contributed by atoms with Crippen molar-refractivity contribution in [3.05, 3.63) is 83.9 Å². The molecule has 0 bridgehead atoms. The first-order valence-electron chi connectivity index (χ1n) is 9.69. The van der Waals surface area contributed by atoms with Crippen molar-refractivity contribution in [2.24, 2.45) is 0 Å². The van der Waals surface area contributed by atoms with Crippen LogP contribution in [-0.2, 0) is 6.18 Å². The van der Waals surface area contributed by atoms with Crippen LogP contribution in [0.3, 0.4) is 0 Å². The molecular weight excluding hydrogens is 435 g/mol. The van der Waals surface area contributed by atoms with E-state index in [0.29, 0.717) is 17.0 Å². The Balaban J connectivity index is 1.57. The van der Waals surface area contributed by atoms with Gasteiger partial charge >= 0.3 is 6.18 Å². The molecule has 2 aromatic heterocycles. The van der Waals surface area contributed by atoms with Crippen LogP contribution in [0, 0.1) is 0 Å². The number of nitrogens with zero attached hydrogens (tertiary/aromatic N) is 3. The molecule has 0 unspecified atom stereocenters. The van der Waals surface area contributed by atoms with Crippen molar-refractivity contribution in [2.45, 2.75) is 6.18 Å². The van der Waals surface area contributed by atoms with E-state index in [1.54, 1.807) is 30.7 Å². The van der Waals surface area contributed by atoms with E-state index in [0.717, 1.165) is 38.4 Å². The zero-order valence-corrected chi connectivity index (χ0v) is 17.6. The van der Waals surface area contributed by atoms with Gasteiger partial charge in [-0.15, -0.1) is 11.3 Å². The Morgan fingerprint density at radius 3 is 2.28 bits per heavy atom. The zero-order chi connectivity index (χ0) is 22.3. The van der Waals surface area contributed by atoms with E-state index in [9.17, 15) is 13.2 Å². The summed E-state index contributed by atoms with van der Waals surface area (Å²) < 4.78 is 47.5. The first kappa shape index (κ1) is 20.3. The van der Waals surface area contributed by atoms with Gasteiger partial charge in [0.25, 0.3) is 0 Å². The SMILES string of the molecule is COc1ccc(-c2csc(-n3nc(-c4ccc5ccccc5c4)cc3C(F)(F)F)n2)cc1. The van der Waals surface area contributed by atoms with Crippen LogP contribution < -0.4 is 4.74 Å².